The number of ether oxygens (including phenoxy) is 1. The predicted octanol–water partition coefficient (Wildman–Crippen LogP) is 3.99. The lowest BCUT2D eigenvalue weighted by molar-refractivity contribution is 0.387. The molecule has 0 bridgehead atoms. The molecule has 3 N–H and O–H groups in total. The minimum absolute atomic E-state index is 0.0962. The summed E-state index contributed by atoms with van der Waals surface area (Å²) in [5.41, 5.74) is 11.9. The van der Waals surface area contributed by atoms with Crippen molar-refractivity contribution >= 4 is 23.0 Å². The number of allylic oxidation sites excluding steroid dienone is 2. The Kier molecular flexibility index (Phi) is 4.28. The van der Waals surface area contributed by atoms with E-state index in [4.69, 9.17) is 15.5 Å². The van der Waals surface area contributed by atoms with Crippen molar-refractivity contribution in [2.45, 2.75) is 12.8 Å². The highest BCUT2D eigenvalue weighted by Gasteiger charge is 2.36. The van der Waals surface area contributed by atoms with E-state index in [9.17, 15) is 5.26 Å². The van der Waals surface area contributed by atoms with Crippen LogP contribution in [0, 0.1) is 11.3 Å². The van der Waals surface area contributed by atoms with E-state index in [0.717, 1.165) is 33.9 Å². The topological polar surface area (TPSA) is 86.7 Å². The Morgan fingerprint density at radius 1 is 1.14 bits per heavy atom. The first kappa shape index (κ1) is 17.7. The first-order valence-electron chi connectivity index (χ1n) is 9.00. The second kappa shape index (κ2) is 6.78. The van der Waals surface area contributed by atoms with Crippen molar-refractivity contribution in [3.05, 3.63) is 76.8 Å². The third kappa shape index (κ3) is 2.87. The summed E-state index contributed by atoms with van der Waals surface area (Å²) in [6.07, 6.45) is 0. The van der Waals surface area contributed by atoms with Crippen LogP contribution in [-0.2, 0) is 4.74 Å². The number of hydrogen-bond acceptors (Lipinski definition) is 6. The summed E-state index contributed by atoms with van der Waals surface area (Å²) in [6, 6.07) is 18.1. The Bertz CT molecular complexity index is 1070. The lowest BCUT2D eigenvalue weighted by Gasteiger charge is -2.28. The second-order valence-corrected chi connectivity index (χ2v) is 7.01. The van der Waals surface area contributed by atoms with E-state index in [1.807, 2.05) is 74.4 Å². The summed E-state index contributed by atoms with van der Waals surface area (Å²) in [7, 11) is 3.98. The van der Waals surface area contributed by atoms with Crippen molar-refractivity contribution in [1.82, 2.24) is 0 Å². The lowest BCUT2D eigenvalue weighted by Crippen LogP contribution is -2.28. The normalized spacial score (nSPS) is 18.1. The standard InChI is InChI=1S/C22H21N5O/c1-13-19-20(14-8-10-15(11-9-14)27(2)3)16(12-23)21(24)28-22(19)26-18-7-5-4-6-17(18)25-13/h4-11,20,25H,24H2,1-3H3. The van der Waals surface area contributed by atoms with Crippen molar-refractivity contribution < 1.29 is 4.74 Å². The molecule has 0 amide bonds. The van der Waals surface area contributed by atoms with Crippen molar-refractivity contribution in [1.29, 1.82) is 5.26 Å². The van der Waals surface area contributed by atoms with Crippen LogP contribution in [0.2, 0.25) is 0 Å². The van der Waals surface area contributed by atoms with Gasteiger partial charge in [-0.1, -0.05) is 24.3 Å². The first-order valence-corrected chi connectivity index (χ1v) is 9.00. The number of anilines is 2. The highest BCUT2D eigenvalue weighted by Crippen LogP contribution is 2.43. The highest BCUT2D eigenvalue weighted by molar-refractivity contribution is 6.02. The van der Waals surface area contributed by atoms with Gasteiger partial charge in [-0.25, -0.2) is 4.99 Å². The Labute approximate surface area is 164 Å². The summed E-state index contributed by atoms with van der Waals surface area (Å²) in [5.74, 6) is 0.169. The van der Waals surface area contributed by atoms with Gasteiger partial charge in [-0.3, -0.25) is 0 Å². The third-order valence-electron chi connectivity index (χ3n) is 5.00. The Morgan fingerprint density at radius 3 is 2.54 bits per heavy atom. The van der Waals surface area contributed by atoms with Gasteiger partial charge >= 0.3 is 0 Å². The average molecular weight is 371 g/mol. The van der Waals surface area contributed by atoms with Crippen molar-refractivity contribution in [3.8, 4) is 6.07 Å². The molecule has 2 aromatic carbocycles. The molecule has 0 saturated heterocycles. The largest absolute Gasteiger partial charge is 0.422 e. The number of nitriles is 1. The molecule has 1 atom stereocenters. The maximum absolute atomic E-state index is 9.80. The second-order valence-electron chi connectivity index (χ2n) is 7.01. The average Bonchev–Trinajstić information content (AvgIpc) is 2.82. The number of fused-ring (bicyclic) bond motifs is 2. The van der Waals surface area contributed by atoms with E-state index in [0.29, 0.717) is 11.5 Å². The van der Waals surface area contributed by atoms with Gasteiger partial charge in [-0.2, -0.15) is 5.26 Å². The monoisotopic (exact) mass is 371 g/mol. The first-order chi connectivity index (χ1) is 13.5. The smallest absolute Gasteiger partial charge is 0.227 e. The van der Waals surface area contributed by atoms with Crippen molar-refractivity contribution in [2.24, 2.45) is 10.7 Å². The third-order valence-corrected chi connectivity index (χ3v) is 5.00. The van der Waals surface area contributed by atoms with Gasteiger partial charge in [0.05, 0.1) is 17.3 Å². The van der Waals surface area contributed by atoms with Crippen LogP contribution >= 0.6 is 0 Å². The summed E-state index contributed by atoms with van der Waals surface area (Å²) < 4.78 is 5.79. The quantitative estimate of drug-likeness (QED) is 0.833. The molecule has 0 aromatic heterocycles. The number of nitrogens with one attached hydrogen (secondary N) is 1. The zero-order chi connectivity index (χ0) is 19.8. The fourth-order valence-corrected chi connectivity index (χ4v) is 3.56. The van der Waals surface area contributed by atoms with Gasteiger partial charge in [0.25, 0.3) is 0 Å². The van der Waals surface area contributed by atoms with E-state index >= 15 is 0 Å². The zero-order valence-corrected chi connectivity index (χ0v) is 16.0. The molecule has 0 aliphatic carbocycles. The summed E-state index contributed by atoms with van der Waals surface area (Å²) in [4.78, 5) is 6.73. The van der Waals surface area contributed by atoms with Crippen LogP contribution in [0.15, 0.2) is 76.2 Å². The molecule has 0 spiro atoms. The lowest BCUT2D eigenvalue weighted by atomic mass is 9.82. The molecule has 2 aliphatic heterocycles. The molecule has 0 saturated carbocycles. The minimum atomic E-state index is -0.351. The van der Waals surface area contributed by atoms with Gasteiger partial charge < -0.3 is 20.7 Å². The number of aliphatic imine (C=N–C) groups is 1. The molecule has 0 radical (unpaired) electrons. The summed E-state index contributed by atoms with van der Waals surface area (Å²) in [5, 5.41) is 13.2. The summed E-state index contributed by atoms with van der Waals surface area (Å²) in [6.45, 7) is 1.97. The molecule has 0 fully saturated rings. The van der Waals surface area contributed by atoms with Crippen LogP contribution in [0.5, 0.6) is 0 Å². The number of rotatable bonds is 2. The molecule has 2 heterocycles. The van der Waals surface area contributed by atoms with Crippen LogP contribution < -0.4 is 16.0 Å². The predicted molar refractivity (Wildman–Crippen MR) is 111 cm³/mol. The van der Waals surface area contributed by atoms with Gasteiger partial charge in [0.15, 0.2) is 0 Å². The number of nitrogens with zero attached hydrogens (tertiary/aromatic N) is 3. The number of nitrogens with two attached hydrogens (primary N) is 1. The van der Waals surface area contributed by atoms with Crippen LogP contribution in [-0.4, -0.2) is 20.0 Å². The Hall–Kier alpha value is -3.72. The van der Waals surface area contributed by atoms with Crippen LogP contribution in [0.4, 0.5) is 17.1 Å². The van der Waals surface area contributed by atoms with E-state index in [1.54, 1.807) is 0 Å². The molecule has 6 nitrogen and oxygen atoms in total. The molecule has 4 rings (SSSR count). The SMILES string of the molecule is CC1=C2C(=Nc3ccccc3N1)OC(N)=C(C#N)C2c1ccc(N(C)C)cc1. The summed E-state index contributed by atoms with van der Waals surface area (Å²) >= 11 is 0. The molecular weight excluding hydrogens is 350 g/mol. The van der Waals surface area contributed by atoms with Gasteiger partial charge in [0.2, 0.25) is 11.8 Å². The van der Waals surface area contributed by atoms with Crippen LogP contribution in [0.25, 0.3) is 0 Å². The molecule has 6 heteroatoms. The Balaban J connectivity index is 1.91. The van der Waals surface area contributed by atoms with E-state index in [2.05, 4.69) is 11.4 Å². The number of benzene rings is 2. The van der Waals surface area contributed by atoms with E-state index in [-0.39, 0.29) is 11.8 Å². The van der Waals surface area contributed by atoms with Gasteiger partial charge in [-0.15, -0.1) is 0 Å². The molecule has 1 unspecified atom stereocenters. The maximum Gasteiger partial charge on any atom is 0.227 e. The molecule has 2 aliphatic rings. The highest BCUT2D eigenvalue weighted by atomic mass is 16.5. The van der Waals surface area contributed by atoms with Gasteiger partial charge in [-0.05, 0) is 36.8 Å². The molecule has 28 heavy (non-hydrogen) atoms. The zero-order valence-electron chi connectivity index (χ0n) is 16.0. The fourth-order valence-electron chi connectivity index (χ4n) is 3.56. The van der Waals surface area contributed by atoms with Gasteiger partial charge in [0, 0.05) is 31.1 Å². The van der Waals surface area contributed by atoms with Crippen LogP contribution in [0.1, 0.15) is 18.4 Å². The van der Waals surface area contributed by atoms with Gasteiger partial charge in [0.1, 0.15) is 11.6 Å². The minimum Gasteiger partial charge on any atom is -0.422 e. The maximum atomic E-state index is 9.80. The van der Waals surface area contributed by atoms with E-state index in [1.165, 1.54) is 0 Å². The van der Waals surface area contributed by atoms with Crippen LogP contribution in [0.3, 0.4) is 0 Å². The van der Waals surface area contributed by atoms with Crippen molar-refractivity contribution in [3.63, 3.8) is 0 Å². The number of para-hydroxylation sites is 2. The fraction of sp³-hybridized carbons (Fsp3) is 0.182. The number of hydrogen-bond donors (Lipinski definition) is 2. The molecule has 2 aromatic rings. The molecule has 140 valence electrons. The Morgan fingerprint density at radius 2 is 1.86 bits per heavy atom. The molecular formula is C22H21N5O. The van der Waals surface area contributed by atoms with Crippen molar-refractivity contribution in [2.75, 3.05) is 24.3 Å². The van der Waals surface area contributed by atoms with E-state index < -0.39 is 0 Å².